The van der Waals surface area contributed by atoms with Crippen molar-refractivity contribution in [1.29, 1.82) is 0 Å². The Morgan fingerprint density at radius 2 is 2.00 bits per heavy atom. The van der Waals surface area contributed by atoms with Crippen LogP contribution in [0, 0.1) is 5.41 Å². The van der Waals surface area contributed by atoms with E-state index < -0.39 is 0 Å². The summed E-state index contributed by atoms with van der Waals surface area (Å²) in [7, 11) is 0. The minimum absolute atomic E-state index is 0.108. The molecule has 1 heterocycles. The lowest BCUT2D eigenvalue weighted by Gasteiger charge is -2.25. The number of rotatable bonds is 1. The van der Waals surface area contributed by atoms with Gasteiger partial charge in [0.1, 0.15) is 0 Å². The monoisotopic (exact) mass is 275 g/mol. The summed E-state index contributed by atoms with van der Waals surface area (Å²) in [4.78, 5) is 14.6. The van der Waals surface area contributed by atoms with E-state index in [4.69, 9.17) is 0 Å². The average molecular weight is 276 g/mol. The van der Waals surface area contributed by atoms with Gasteiger partial charge in [-0.25, -0.2) is 0 Å². The van der Waals surface area contributed by atoms with E-state index in [0.29, 0.717) is 17.2 Å². The Morgan fingerprint density at radius 1 is 1.33 bits per heavy atom. The van der Waals surface area contributed by atoms with Gasteiger partial charge in [0, 0.05) is 24.3 Å². The van der Waals surface area contributed by atoms with Crippen LogP contribution in [0.2, 0.25) is 0 Å². The molecule has 0 radical (unpaired) electrons. The predicted molar refractivity (Wildman–Crippen MR) is 67.2 cm³/mol. The van der Waals surface area contributed by atoms with Crippen molar-refractivity contribution in [3.8, 4) is 0 Å². The largest absolute Gasteiger partial charge is 0.343 e. The standard InChI is InChI=1S/C12H22BrNO/c1-12(2,3)9-11(15)14-7-4-5-10(13)6-8-14/h10H,4-9H2,1-3H3. The van der Waals surface area contributed by atoms with Crippen molar-refractivity contribution in [2.45, 2.75) is 51.3 Å². The predicted octanol–water partition coefficient (Wildman–Crippen LogP) is 3.20. The molecule has 0 spiro atoms. The van der Waals surface area contributed by atoms with Crippen LogP contribution in [0.1, 0.15) is 46.5 Å². The molecule has 2 nitrogen and oxygen atoms in total. The quantitative estimate of drug-likeness (QED) is 0.673. The molecule has 1 amide bonds. The number of halogens is 1. The molecule has 1 saturated heterocycles. The molecule has 1 aliphatic rings. The Labute approximate surface area is 102 Å². The van der Waals surface area contributed by atoms with Gasteiger partial charge in [0.05, 0.1) is 0 Å². The Balaban J connectivity index is 2.45. The van der Waals surface area contributed by atoms with E-state index >= 15 is 0 Å². The fourth-order valence-electron chi connectivity index (χ4n) is 1.87. The first-order valence-electron chi connectivity index (χ1n) is 5.80. The molecule has 0 bridgehead atoms. The summed E-state index contributed by atoms with van der Waals surface area (Å²) in [6.07, 6.45) is 4.08. The molecule has 1 atom stereocenters. The fraction of sp³-hybridized carbons (Fsp3) is 0.917. The second-order valence-corrected chi connectivity index (χ2v) is 6.94. The molecule has 1 fully saturated rings. The lowest BCUT2D eigenvalue weighted by molar-refractivity contribution is -0.133. The number of amides is 1. The van der Waals surface area contributed by atoms with Gasteiger partial charge in [-0.05, 0) is 24.7 Å². The van der Waals surface area contributed by atoms with E-state index in [0.717, 1.165) is 25.9 Å². The van der Waals surface area contributed by atoms with Gasteiger partial charge >= 0.3 is 0 Å². The van der Waals surface area contributed by atoms with Crippen LogP contribution < -0.4 is 0 Å². The number of hydrogen-bond donors (Lipinski definition) is 0. The molecule has 1 unspecified atom stereocenters. The van der Waals surface area contributed by atoms with Crippen LogP contribution in [-0.4, -0.2) is 28.7 Å². The minimum atomic E-state index is 0.108. The smallest absolute Gasteiger partial charge is 0.223 e. The summed E-state index contributed by atoms with van der Waals surface area (Å²) in [6, 6.07) is 0. The number of carbonyl (C=O) groups is 1. The van der Waals surface area contributed by atoms with Crippen LogP contribution in [0.3, 0.4) is 0 Å². The second kappa shape index (κ2) is 5.33. The first kappa shape index (κ1) is 13.0. The van der Waals surface area contributed by atoms with Crippen molar-refractivity contribution >= 4 is 21.8 Å². The van der Waals surface area contributed by atoms with Gasteiger partial charge in [0.25, 0.3) is 0 Å². The number of likely N-dealkylation sites (tertiary alicyclic amines) is 1. The van der Waals surface area contributed by atoms with Crippen molar-refractivity contribution in [1.82, 2.24) is 4.90 Å². The lowest BCUT2D eigenvalue weighted by Crippen LogP contribution is -2.34. The molecule has 0 N–H and O–H groups in total. The van der Waals surface area contributed by atoms with Crippen molar-refractivity contribution in [2.75, 3.05) is 13.1 Å². The molecule has 88 valence electrons. The summed E-state index contributed by atoms with van der Waals surface area (Å²) in [5, 5.41) is 0. The number of hydrogen-bond acceptors (Lipinski definition) is 1. The fourth-order valence-corrected chi connectivity index (χ4v) is 2.40. The molecule has 0 saturated carbocycles. The molecule has 0 aromatic rings. The number of nitrogens with zero attached hydrogens (tertiary/aromatic N) is 1. The third-order valence-corrected chi connectivity index (χ3v) is 3.61. The highest BCUT2D eigenvalue weighted by Crippen LogP contribution is 2.23. The Bertz CT molecular complexity index is 222. The summed E-state index contributed by atoms with van der Waals surface area (Å²) in [6.45, 7) is 8.23. The molecular formula is C12H22BrNO. The van der Waals surface area contributed by atoms with E-state index in [1.807, 2.05) is 4.90 Å². The van der Waals surface area contributed by atoms with Gasteiger partial charge in [-0.3, -0.25) is 4.79 Å². The zero-order chi connectivity index (χ0) is 11.5. The Kier molecular flexibility index (Phi) is 4.63. The maximum absolute atomic E-state index is 12.0. The van der Waals surface area contributed by atoms with Gasteiger partial charge in [-0.2, -0.15) is 0 Å². The summed E-state index contributed by atoms with van der Waals surface area (Å²) in [5.74, 6) is 0.323. The van der Waals surface area contributed by atoms with Gasteiger partial charge in [-0.15, -0.1) is 0 Å². The maximum atomic E-state index is 12.0. The van der Waals surface area contributed by atoms with Crippen LogP contribution in [-0.2, 0) is 4.79 Å². The third-order valence-electron chi connectivity index (χ3n) is 2.69. The molecule has 0 aromatic carbocycles. The molecular weight excluding hydrogens is 254 g/mol. The summed E-state index contributed by atoms with van der Waals surface area (Å²) in [5.41, 5.74) is 0.108. The highest BCUT2D eigenvalue weighted by molar-refractivity contribution is 9.09. The van der Waals surface area contributed by atoms with E-state index in [1.54, 1.807) is 0 Å². The molecule has 3 heteroatoms. The highest BCUT2D eigenvalue weighted by atomic mass is 79.9. The van der Waals surface area contributed by atoms with E-state index in [-0.39, 0.29) is 5.41 Å². The van der Waals surface area contributed by atoms with E-state index in [1.165, 1.54) is 6.42 Å². The van der Waals surface area contributed by atoms with Gasteiger partial charge in [0.15, 0.2) is 0 Å². The van der Waals surface area contributed by atoms with Gasteiger partial charge in [-0.1, -0.05) is 36.7 Å². The SMILES string of the molecule is CC(C)(C)CC(=O)N1CCCC(Br)CC1. The van der Waals surface area contributed by atoms with E-state index in [2.05, 4.69) is 36.7 Å². The van der Waals surface area contributed by atoms with Gasteiger partial charge < -0.3 is 4.90 Å². The average Bonchev–Trinajstić information content (AvgIpc) is 2.26. The Hall–Kier alpha value is -0.0500. The molecule has 15 heavy (non-hydrogen) atoms. The maximum Gasteiger partial charge on any atom is 0.223 e. The third kappa shape index (κ3) is 5.01. The Morgan fingerprint density at radius 3 is 2.60 bits per heavy atom. The van der Waals surface area contributed by atoms with Crippen LogP contribution >= 0.6 is 15.9 Å². The number of carbonyl (C=O) groups excluding carboxylic acids is 1. The zero-order valence-electron chi connectivity index (χ0n) is 10.1. The van der Waals surface area contributed by atoms with Crippen LogP contribution in [0.4, 0.5) is 0 Å². The molecule has 1 rings (SSSR count). The van der Waals surface area contributed by atoms with Crippen molar-refractivity contribution in [3.63, 3.8) is 0 Å². The zero-order valence-corrected chi connectivity index (χ0v) is 11.6. The first-order chi connectivity index (χ1) is 6.88. The first-order valence-corrected chi connectivity index (χ1v) is 6.72. The molecule has 0 aliphatic carbocycles. The van der Waals surface area contributed by atoms with Gasteiger partial charge in [0.2, 0.25) is 5.91 Å². The van der Waals surface area contributed by atoms with E-state index in [9.17, 15) is 4.79 Å². The highest BCUT2D eigenvalue weighted by Gasteiger charge is 2.23. The van der Waals surface area contributed by atoms with Crippen molar-refractivity contribution in [3.05, 3.63) is 0 Å². The lowest BCUT2D eigenvalue weighted by atomic mass is 9.91. The van der Waals surface area contributed by atoms with Crippen molar-refractivity contribution in [2.24, 2.45) is 5.41 Å². The summed E-state index contributed by atoms with van der Waals surface area (Å²) >= 11 is 3.64. The second-order valence-electron chi connectivity index (χ2n) is 5.65. The molecule has 0 aromatic heterocycles. The summed E-state index contributed by atoms with van der Waals surface area (Å²) < 4.78 is 0. The van der Waals surface area contributed by atoms with Crippen LogP contribution in [0.15, 0.2) is 0 Å². The number of alkyl halides is 1. The topological polar surface area (TPSA) is 20.3 Å². The normalized spacial score (nSPS) is 23.7. The minimum Gasteiger partial charge on any atom is -0.343 e. The van der Waals surface area contributed by atoms with Crippen LogP contribution in [0.25, 0.3) is 0 Å². The van der Waals surface area contributed by atoms with Crippen LogP contribution in [0.5, 0.6) is 0 Å². The molecule has 1 aliphatic heterocycles. The van der Waals surface area contributed by atoms with Crippen molar-refractivity contribution < 1.29 is 4.79 Å².